The van der Waals surface area contributed by atoms with Gasteiger partial charge in [-0.25, -0.2) is 0 Å². The molecule has 0 aliphatic carbocycles. The van der Waals surface area contributed by atoms with Crippen LogP contribution in [0.15, 0.2) is 63.5 Å². The van der Waals surface area contributed by atoms with Crippen LogP contribution in [0, 0.1) is 4.91 Å². The molecule has 12 heteroatoms. The van der Waals surface area contributed by atoms with Gasteiger partial charge in [0.15, 0.2) is 0 Å². The SMILES string of the molecule is CS/C(=C\c1ccccc1)C(=O)N1CCSc2cc(C(N=O)(C(F)(F)F)C(F)(F)F)ccc21. The van der Waals surface area contributed by atoms with Gasteiger partial charge in [0.05, 0.1) is 10.6 Å². The van der Waals surface area contributed by atoms with Gasteiger partial charge in [0.2, 0.25) is 0 Å². The molecule has 1 amide bonds. The van der Waals surface area contributed by atoms with Crippen LogP contribution in [0.25, 0.3) is 6.08 Å². The molecule has 0 saturated carbocycles. The Morgan fingerprint density at radius 2 is 1.70 bits per heavy atom. The molecular formula is C21H16F6N2O2S2. The zero-order valence-electron chi connectivity index (χ0n) is 16.9. The average Bonchev–Trinajstić information content (AvgIpc) is 2.76. The molecular weight excluding hydrogens is 490 g/mol. The molecule has 33 heavy (non-hydrogen) atoms. The van der Waals surface area contributed by atoms with Crippen molar-refractivity contribution in [1.29, 1.82) is 0 Å². The average molecular weight is 506 g/mol. The number of amides is 1. The number of halogens is 6. The molecule has 2 aromatic rings. The van der Waals surface area contributed by atoms with Crippen LogP contribution in [0.2, 0.25) is 0 Å². The summed E-state index contributed by atoms with van der Waals surface area (Å²) in [6.45, 7) is 0.206. The fraction of sp³-hybridized carbons (Fsp3) is 0.286. The Hall–Kier alpha value is -2.47. The maximum Gasteiger partial charge on any atom is 0.430 e. The molecule has 0 fully saturated rings. The Kier molecular flexibility index (Phi) is 7.18. The van der Waals surface area contributed by atoms with Crippen LogP contribution in [0.1, 0.15) is 11.1 Å². The number of hydrogen-bond donors (Lipinski definition) is 0. The first-order valence-corrected chi connectivity index (χ1v) is 11.5. The van der Waals surface area contributed by atoms with Crippen molar-refractivity contribution < 1.29 is 31.1 Å². The van der Waals surface area contributed by atoms with E-state index in [-0.39, 0.29) is 22.9 Å². The third kappa shape index (κ3) is 4.63. The summed E-state index contributed by atoms with van der Waals surface area (Å²) in [5.74, 6) is -0.193. The van der Waals surface area contributed by atoms with Crippen molar-refractivity contribution in [2.24, 2.45) is 5.18 Å². The quantitative estimate of drug-likeness (QED) is 0.260. The second-order valence-electron chi connectivity index (χ2n) is 6.91. The number of anilines is 1. The number of rotatable bonds is 5. The summed E-state index contributed by atoms with van der Waals surface area (Å²) < 4.78 is 80.7. The molecule has 0 unspecified atom stereocenters. The Bertz CT molecular complexity index is 1060. The summed E-state index contributed by atoms with van der Waals surface area (Å²) in [7, 11) is 0. The predicted molar refractivity (Wildman–Crippen MR) is 117 cm³/mol. The van der Waals surface area contributed by atoms with Gasteiger partial charge in [-0.2, -0.15) is 26.3 Å². The van der Waals surface area contributed by atoms with Gasteiger partial charge >= 0.3 is 17.9 Å². The van der Waals surface area contributed by atoms with E-state index in [0.717, 1.165) is 23.4 Å². The van der Waals surface area contributed by atoms with Crippen LogP contribution in [0.4, 0.5) is 32.0 Å². The third-order valence-electron chi connectivity index (χ3n) is 4.97. The second kappa shape index (κ2) is 9.41. The van der Waals surface area contributed by atoms with Gasteiger partial charge < -0.3 is 4.90 Å². The van der Waals surface area contributed by atoms with E-state index in [2.05, 4.69) is 0 Å². The molecule has 4 nitrogen and oxygen atoms in total. The standard InChI is InChI=1S/C21H16F6N2O2S2/c1-32-17(11-13-5-3-2-4-6-13)18(30)29-9-10-33-16-12-14(7-8-15(16)29)19(28-31,20(22,23)24)21(25,26)27/h2-8,11-12H,9-10H2,1H3/b17-11-. The molecule has 0 spiro atoms. The van der Waals surface area contributed by atoms with E-state index < -0.39 is 29.4 Å². The predicted octanol–water partition coefficient (Wildman–Crippen LogP) is 6.62. The molecule has 0 bridgehead atoms. The lowest BCUT2D eigenvalue weighted by Crippen LogP contribution is -2.52. The van der Waals surface area contributed by atoms with Gasteiger partial charge in [-0.3, -0.25) is 4.79 Å². The molecule has 1 aliphatic rings. The summed E-state index contributed by atoms with van der Waals surface area (Å²) in [5.41, 5.74) is -5.33. The largest absolute Gasteiger partial charge is 0.430 e. The molecule has 0 N–H and O–H groups in total. The molecule has 1 aliphatic heterocycles. The van der Waals surface area contributed by atoms with Crippen molar-refractivity contribution in [1.82, 2.24) is 0 Å². The number of hydrogen-bond acceptors (Lipinski definition) is 5. The van der Waals surface area contributed by atoms with Crippen molar-refractivity contribution in [3.8, 4) is 0 Å². The van der Waals surface area contributed by atoms with Crippen LogP contribution < -0.4 is 4.90 Å². The van der Waals surface area contributed by atoms with E-state index in [1.807, 2.05) is 6.07 Å². The summed E-state index contributed by atoms with van der Waals surface area (Å²) in [4.78, 5) is 25.8. The highest BCUT2D eigenvalue weighted by atomic mass is 32.2. The molecule has 1 heterocycles. The molecule has 0 saturated heterocycles. The molecule has 2 aromatic carbocycles. The van der Waals surface area contributed by atoms with Crippen molar-refractivity contribution in [2.75, 3.05) is 23.5 Å². The Morgan fingerprint density at radius 1 is 1.06 bits per heavy atom. The first-order chi connectivity index (χ1) is 15.5. The van der Waals surface area contributed by atoms with Gasteiger partial charge in [0.1, 0.15) is 0 Å². The maximum atomic E-state index is 13.5. The number of thioether (sulfide) groups is 2. The first-order valence-electron chi connectivity index (χ1n) is 9.34. The molecule has 0 atom stereocenters. The highest BCUT2D eigenvalue weighted by Gasteiger charge is 2.74. The highest BCUT2D eigenvalue weighted by Crippen LogP contribution is 2.54. The number of nitroso groups, excluding NO2 is 1. The lowest BCUT2D eigenvalue weighted by Gasteiger charge is -2.34. The van der Waals surface area contributed by atoms with E-state index in [1.54, 1.807) is 36.6 Å². The minimum atomic E-state index is -6.00. The third-order valence-corrected chi connectivity index (χ3v) is 6.73. The zero-order valence-corrected chi connectivity index (χ0v) is 18.5. The lowest BCUT2D eigenvalue weighted by molar-refractivity contribution is -0.301. The van der Waals surface area contributed by atoms with Gasteiger partial charge in [-0.05, 0) is 35.2 Å². The molecule has 3 rings (SSSR count). The van der Waals surface area contributed by atoms with Crippen LogP contribution in [-0.4, -0.2) is 36.8 Å². The van der Waals surface area contributed by atoms with Crippen molar-refractivity contribution >= 4 is 41.2 Å². The topological polar surface area (TPSA) is 49.7 Å². The van der Waals surface area contributed by atoms with E-state index in [4.69, 9.17) is 0 Å². The molecule has 0 aromatic heterocycles. The summed E-state index contributed by atoms with van der Waals surface area (Å²) >= 11 is 2.16. The fourth-order valence-corrected chi connectivity index (χ4v) is 4.91. The van der Waals surface area contributed by atoms with Crippen molar-refractivity contribution in [3.05, 3.63) is 69.5 Å². The van der Waals surface area contributed by atoms with E-state index in [0.29, 0.717) is 17.0 Å². The highest BCUT2D eigenvalue weighted by molar-refractivity contribution is 8.03. The maximum absolute atomic E-state index is 13.5. The second-order valence-corrected chi connectivity index (χ2v) is 8.89. The van der Waals surface area contributed by atoms with E-state index in [9.17, 15) is 36.0 Å². The van der Waals surface area contributed by atoms with Gasteiger partial charge in [-0.1, -0.05) is 36.4 Å². The normalized spacial score (nSPS) is 15.2. The molecule has 0 radical (unpaired) electrons. The van der Waals surface area contributed by atoms with Gasteiger partial charge in [0, 0.05) is 22.8 Å². The fourth-order valence-electron chi connectivity index (χ4n) is 3.34. The zero-order chi connectivity index (χ0) is 24.4. The summed E-state index contributed by atoms with van der Waals surface area (Å²) in [6, 6.07) is 11.1. The van der Waals surface area contributed by atoms with E-state index >= 15 is 0 Å². The number of fused-ring (bicyclic) bond motifs is 1. The molecule has 176 valence electrons. The van der Waals surface area contributed by atoms with Crippen molar-refractivity contribution in [2.45, 2.75) is 22.8 Å². The van der Waals surface area contributed by atoms with Crippen LogP contribution in [-0.2, 0) is 10.3 Å². The number of benzene rings is 2. The first kappa shape index (κ1) is 25.2. The number of nitrogens with zero attached hydrogens (tertiary/aromatic N) is 2. The van der Waals surface area contributed by atoms with Crippen LogP contribution in [0.3, 0.4) is 0 Å². The number of carbonyl (C=O) groups excluding carboxylic acids is 1. The Balaban J connectivity index is 2.05. The number of carbonyl (C=O) groups is 1. The van der Waals surface area contributed by atoms with Gasteiger partial charge in [0.25, 0.3) is 5.91 Å². The van der Waals surface area contributed by atoms with Crippen LogP contribution >= 0.6 is 23.5 Å². The summed E-state index contributed by atoms with van der Waals surface area (Å²) in [5, 5.41) is 1.52. The minimum absolute atomic E-state index is 0.0220. The minimum Gasteiger partial charge on any atom is -0.306 e. The van der Waals surface area contributed by atoms with Crippen LogP contribution in [0.5, 0.6) is 0 Å². The Labute approximate surface area is 193 Å². The van der Waals surface area contributed by atoms with Gasteiger partial charge in [-0.15, -0.1) is 28.4 Å². The summed E-state index contributed by atoms with van der Waals surface area (Å²) in [6.07, 6.45) is -8.66. The monoisotopic (exact) mass is 506 g/mol. The smallest absolute Gasteiger partial charge is 0.306 e. The lowest BCUT2D eigenvalue weighted by atomic mass is 9.89. The van der Waals surface area contributed by atoms with E-state index in [1.165, 1.54) is 21.8 Å². The Morgan fingerprint density at radius 3 is 2.24 bits per heavy atom. The number of alkyl halides is 6. The van der Waals surface area contributed by atoms with Crippen molar-refractivity contribution in [3.63, 3.8) is 0 Å².